The summed E-state index contributed by atoms with van der Waals surface area (Å²) in [4.78, 5) is 87.5. The van der Waals surface area contributed by atoms with E-state index in [9.17, 15) is 33.9 Å². The smallest absolute Gasteiger partial charge is 0.332 e. The summed E-state index contributed by atoms with van der Waals surface area (Å²) in [6.45, 7) is 4.45. The molecule has 2 fully saturated rings. The summed E-state index contributed by atoms with van der Waals surface area (Å²) in [6, 6.07) is 12.7. The summed E-state index contributed by atoms with van der Waals surface area (Å²) in [6.07, 6.45) is 5.21. The molecule has 2 saturated heterocycles. The van der Waals surface area contributed by atoms with E-state index in [0.29, 0.717) is 84.6 Å². The third-order valence-electron chi connectivity index (χ3n) is 13.0. The Labute approximate surface area is 411 Å². The number of ether oxygens (including phenoxy) is 3. The Morgan fingerprint density at radius 3 is 1.44 bits per heavy atom. The first-order chi connectivity index (χ1) is 34.2. The van der Waals surface area contributed by atoms with Gasteiger partial charge in [0.1, 0.15) is 55.5 Å². The normalized spacial score (nSPS) is 16.8. The highest BCUT2D eigenvalue weighted by Gasteiger charge is 2.37. The molecule has 370 valence electrons. The molecule has 2 aromatic carbocycles. The van der Waals surface area contributed by atoms with Gasteiger partial charge in [0.25, 0.3) is 11.1 Å². The van der Waals surface area contributed by atoms with Crippen molar-refractivity contribution in [2.24, 2.45) is 0 Å². The Balaban J connectivity index is 0.000000176. The third kappa shape index (κ3) is 8.44. The van der Waals surface area contributed by atoms with Gasteiger partial charge >= 0.3 is 11.4 Å². The lowest BCUT2D eigenvalue weighted by molar-refractivity contribution is -0.130. The summed E-state index contributed by atoms with van der Waals surface area (Å²) in [5.41, 5.74) is 0.284. The van der Waals surface area contributed by atoms with Gasteiger partial charge in [-0.05, 0) is 38.8 Å². The van der Waals surface area contributed by atoms with Crippen molar-refractivity contribution in [2.45, 2.75) is 64.1 Å². The molecule has 0 unspecified atom stereocenters. The number of aryl methyl sites for hydroxylation is 2. The molecule has 0 spiro atoms. The standard InChI is InChI=1S/C24H26N6O5S.C23H24N6O5S/c1-14-19-21(32)29(16-9-12-27(2)20(16)31)24(33)28(23(19)36-22(14)30-25-10-11-26-30)13-18(35-4)15-7-5-6-8-17(15)34-3;1-13-18-20(32)28(15-8-11-26(2)19(15)31)23(33)27(22(18)35-21(13)29-24-9-10-25-29)12-16(30)14-6-4-5-7-17(14)34-3/h5-8,10-11,16,18H,9,12-13H2,1-4H3;4-7,9-10,15-16,30H,8,11-12H2,1-3H3/t16-,18+;15-,16+/m11/s1. The van der Waals surface area contributed by atoms with Gasteiger partial charge in [0.05, 0.1) is 62.9 Å². The minimum absolute atomic E-state index is 0.106. The highest BCUT2D eigenvalue weighted by Crippen LogP contribution is 2.36. The van der Waals surface area contributed by atoms with Gasteiger partial charge in [-0.15, -0.1) is 9.59 Å². The van der Waals surface area contributed by atoms with Gasteiger partial charge in [0, 0.05) is 56.5 Å². The molecule has 24 heteroatoms. The number of methoxy groups -OCH3 is 3. The molecule has 8 aromatic rings. The van der Waals surface area contributed by atoms with Crippen molar-refractivity contribution in [2.75, 3.05) is 48.5 Å². The molecule has 2 aliphatic heterocycles. The monoisotopic (exact) mass is 1010 g/mol. The number of thiophene rings is 2. The second-order valence-electron chi connectivity index (χ2n) is 17.1. The van der Waals surface area contributed by atoms with Crippen LogP contribution in [0.2, 0.25) is 0 Å². The van der Waals surface area contributed by atoms with E-state index in [4.69, 9.17) is 14.2 Å². The van der Waals surface area contributed by atoms with E-state index in [0.717, 1.165) is 14.7 Å². The maximum Gasteiger partial charge on any atom is 0.332 e. The van der Waals surface area contributed by atoms with Crippen LogP contribution in [0.3, 0.4) is 0 Å². The van der Waals surface area contributed by atoms with Crippen LogP contribution in [-0.4, -0.2) is 123 Å². The number of hydrogen-bond donors (Lipinski definition) is 1. The molecular formula is C47H50N12O10S2. The van der Waals surface area contributed by atoms with Crippen LogP contribution in [0.5, 0.6) is 11.5 Å². The van der Waals surface area contributed by atoms with Gasteiger partial charge in [-0.3, -0.25) is 28.3 Å². The molecule has 4 atom stereocenters. The van der Waals surface area contributed by atoms with Crippen molar-refractivity contribution < 1.29 is 28.9 Å². The van der Waals surface area contributed by atoms with E-state index in [1.54, 1.807) is 78.8 Å². The number of nitrogens with zero attached hydrogens (tertiary/aromatic N) is 12. The van der Waals surface area contributed by atoms with E-state index < -0.39 is 46.8 Å². The predicted molar refractivity (Wildman–Crippen MR) is 263 cm³/mol. The molecule has 10 rings (SSSR count). The Morgan fingerprint density at radius 2 is 1.03 bits per heavy atom. The van der Waals surface area contributed by atoms with Crippen molar-refractivity contribution in [3.8, 4) is 21.5 Å². The van der Waals surface area contributed by atoms with E-state index in [-0.39, 0.29) is 24.9 Å². The summed E-state index contributed by atoms with van der Waals surface area (Å²) in [7, 11) is 7.95. The fraction of sp³-hybridized carbons (Fsp3) is 0.362. The largest absolute Gasteiger partial charge is 0.496 e. The maximum absolute atomic E-state index is 13.9. The van der Waals surface area contributed by atoms with Crippen LogP contribution in [0.1, 0.15) is 59.4 Å². The van der Waals surface area contributed by atoms with Gasteiger partial charge in [-0.1, -0.05) is 59.1 Å². The van der Waals surface area contributed by atoms with Crippen LogP contribution >= 0.6 is 22.7 Å². The van der Waals surface area contributed by atoms with E-state index in [1.807, 2.05) is 24.3 Å². The van der Waals surface area contributed by atoms with Crippen LogP contribution in [-0.2, 0) is 27.4 Å². The highest BCUT2D eigenvalue weighted by atomic mass is 32.1. The zero-order chi connectivity index (χ0) is 50.4. The highest BCUT2D eigenvalue weighted by molar-refractivity contribution is 7.21. The first-order valence-corrected chi connectivity index (χ1v) is 24.1. The van der Waals surface area contributed by atoms with Crippen LogP contribution in [0.25, 0.3) is 30.4 Å². The van der Waals surface area contributed by atoms with Gasteiger partial charge in [-0.25, -0.2) is 18.7 Å². The molecule has 2 aliphatic rings. The molecule has 6 aromatic heterocycles. The number of aromatic nitrogens is 10. The van der Waals surface area contributed by atoms with E-state index in [1.165, 1.54) is 70.7 Å². The molecule has 0 bridgehead atoms. The average molecular weight is 1010 g/mol. The second-order valence-corrected chi connectivity index (χ2v) is 19.0. The quantitative estimate of drug-likeness (QED) is 0.175. The number of carbonyl (C=O) groups is 2. The molecule has 2 amide bonds. The number of carbonyl (C=O) groups excluding carboxylic acids is 2. The summed E-state index contributed by atoms with van der Waals surface area (Å²) >= 11 is 2.44. The molecule has 22 nitrogen and oxygen atoms in total. The molecular weight excluding hydrogens is 957 g/mol. The number of likely N-dealkylation sites (tertiary alicyclic amines) is 2. The van der Waals surface area contributed by atoms with Gasteiger partial charge in [0.15, 0.2) is 0 Å². The van der Waals surface area contributed by atoms with Crippen molar-refractivity contribution in [1.29, 1.82) is 0 Å². The number of aliphatic hydroxyl groups is 1. The molecule has 0 saturated carbocycles. The van der Waals surface area contributed by atoms with Gasteiger partial charge in [0.2, 0.25) is 11.8 Å². The van der Waals surface area contributed by atoms with E-state index >= 15 is 0 Å². The first kappa shape index (κ1) is 48.5. The Bertz CT molecular complexity index is 3560. The summed E-state index contributed by atoms with van der Waals surface area (Å²) in [5, 5.41) is 29.8. The predicted octanol–water partition coefficient (Wildman–Crippen LogP) is 3.17. The van der Waals surface area contributed by atoms with Crippen LogP contribution in [0, 0.1) is 13.8 Å². The minimum Gasteiger partial charge on any atom is -0.496 e. The number of hydrogen-bond acceptors (Lipinski definition) is 16. The SMILES string of the molecule is COc1ccccc1[C@@H](O)Cn1c(=O)n([C@@H]2CCN(C)C2=O)c(=O)c2c(C)c(-n3nccn3)sc21.COc1ccccc1[C@H](Cn1c(=O)n([C@@H]2CCN(C)C2=O)c(=O)c2c(C)c(-n3nccn3)sc21)OC. The fourth-order valence-electron chi connectivity index (χ4n) is 9.30. The Morgan fingerprint density at radius 1 is 0.620 bits per heavy atom. The summed E-state index contributed by atoms with van der Waals surface area (Å²) < 4.78 is 21.7. The molecule has 1 N–H and O–H groups in total. The lowest BCUT2D eigenvalue weighted by Crippen LogP contribution is -2.44. The number of benzene rings is 2. The second kappa shape index (κ2) is 19.7. The van der Waals surface area contributed by atoms with Crippen molar-refractivity contribution >= 4 is 54.9 Å². The fourth-order valence-corrected chi connectivity index (χ4v) is 11.7. The zero-order valence-electron chi connectivity index (χ0n) is 39.8. The minimum atomic E-state index is -1.10. The maximum atomic E-state index is 13.9. The van der Waals surface area contributed by atoms with Crippen molar-refractivity contribution in [3.05, 3.63) is 137 Å². The lowest BCUT2D eigenvalue weighted by atomic mass is 10.1. The van der Waals surface area contributed by atoms with Crippen LogP contribution in [0.15, 0.2) is 92.5 Å². The number of amides is 2. The topological polar surface area (TPSA) is 238 Å². The third-order valence-corrected chi connectivity index (χ3v) is 15.6. The number of fused-ring (bicyclic) bond motifs is 2. The number of aliphatic hydroxyl groups excluding tert-OH is 1. The number of likely N-dealkylation sites (N-methyl/N-ethyl adjacent to an activating group) is 2. The molecule has 0 aliphatic carbocycles. The van der Waals surface area contributed by atoms with Gasteiger partial charge < -0.3 is 29.1 Å². The Kier molecular flexibility index (Phi) is 13.4. The number of rotatable bonds is 13. The van der Waals surface area contributed by atoms with Crippen molar-refractivity contribution in [3.63, 3.8) is 0 Å². The molecule has 0 radical (unpaired) electrons. The summed E-state index contributed by atoms with van der Waals surface area (Å²) in [5.74, 6) is 0.560. The lowest BCUT2D eigenvalue weighted by Gasteiger charge is -2.21. The van der Waals surface area contributed by atoms with Crippen LogP contribution < -0.4 is 32.0 Å². The first-order valence-electron chi connectivity index (χ1n) is 22.5. The number of para-hydroxylation sites is 2. The molecule has 8 heterocycles. The zero-order valence-corrected chi connectivity index (χ0v) is 41.4. The average Bonchev–Trinajstić information content (AvgIpc) is 4.27. The molecule has 71 heavy (non-hydrogen) atoms. The Hall–Kier alpha value is -7.54. The van der Waals surface area contributed by atoms with Crippen LogP contribution in [0.4, 0.5) is 0 Å². The van der Waals surface area contributed by atoms with E-state index in [2.05, 4.69) is 20.4 Å². The van der Waals surface area contributed by atoms with Crippen molar-refractivity contribution in [1.82, 2.24) is 58.1 Å². The van der Waals surface area contributed by atoms with Gasteiger partial charge in [-0.2, -0.15) is 20.4 Å².